The molecule has 0 saturated heterocycles. The van der Waals surface area contributed by atoms with Crippen LogP contribution in [0.3, 0.4) is 0 Å². The van der Waals surface area contributed by atoms with Gasteiger partial charge >= 0.3 is 0 Å². The van der Waals surface area contributed by atoms with E-state index in [-0.39, 0.29) is 11.7 Å². The first-order chi connectivity index (χ1) is 14.8. The number of anilines is 1. The van der Waals surface area contributed by atoms with Gasteiger partial charge in [0.2, 0.25) is 5.91 Å². The molecule has 0 radical (unpaired) electrons. The van der Waals surface area contributed by atoms with Crippen LogP contribution in [0.5, 0.6) is 11.5 Å². The van der Waals surface area contributed by atoms with Crippen LogP contribution in [0.4, 0.5) is 5.69 Å². The Morgan fingerprint density at radius 3 is 2.77 bits per heavy atom. The van der Waals surface area contributed by atoms with Gasteiger partial charge in [0.25, 0.3) is 0 Å². The highest BCUT2D eigenvalue weighted by Gasteiger charge is 2.15. The Bertz CT molecular complexity index is 1210. The minimum absolute atomic E-state index is 0.140. The van der Waals surface area contributed by atoms with Gasteiger partial charge in [-0.15, -0.1) is 0 Å². The number of rotatable bonds is 5. The van der Waals surface area contributed by atoms with Crippen molar-refractivity contribution in [3.8, 4) is 17.2 Å². The fourth-order valence-corrected chi connectivity index (χ4v) is 3.91. The monoisotopic (exact) mass is 419 g/mol. The molecule has 1 N–H and O–H groups in total. The first kappa shape index (κ1) is 18.4. The smallest absolute Gasteiger partial charge is 0.234 e. The Labute approximate surface area is 176 Å². The van der Waals surface area contributed by atoms with Gasteiger partial charge in [0.05, 0.1) is 23.0 Å². The molecule has 9 heteroatoms. The van der Waals surface area contributed by atoms with Crippen LogP contribution in [0.1, 0.15) is 0 Å². The largest absolute Gasteiger partial charge is 0.486 e. The molecule has 2 aromatic carbocycles. The van der Waals surface area contributed by atoms with Crippen molar-refractivity contribution in [1.82, 2.24) is 19.7 Å². The maximum atomic E-state index is 12.4. The zero-order chi connectivity index (χ0) is 20.3. The van der Waals surface area contributed by atoms with Gasteiger partial charge in [-0.1, -0.05) is 30.0 Å². The van der Waals surface area contributed by atoms with Crippen LogP contribution in [-0.2, 0) is 4.79 Å². The highest BCUT2D eigenvalue weighted by Crippen LogP contribution is 2.33. The van der Waals surface area contributed by atoms with Gasteiger partial charge < -0.3 is 14.8 Å². The summed E-state index contributed by atoms with van der Waals surface area (Å²) in [5.74, 6) is 1.39. The van der Waals surface area contributed by atoms with Gasteiger partial charge in [0.1, 0.15) is 24.6 Å². The molecule has 30 heavy (non-hydrogen) atoms. The number of hydrogen-bond acceptors (Lipinski definition) is 7. The molecular formula is C21H17N5O3S. The molecule has 4 aromatic rings. The molecule has 0 spiro atoms. The second-order valence-electron chi connectivity index (χ2n) is 6.50. The number of aromatic nitrogens is 4. The number of carbonyl (C=O) groups excluding carboxylic acids is 1. The van der Waals surface area contributed by atoms with Crippen LogP contribution in [0, 0.1) is 0 Å². The van der Waals surface area contributed by atoms with Crippen molar-refractivity contribution in [3.05, 3.63) is 61.1 Å². The fourth-order valence-electron chi connectivity index (χ4n) is 3.15. The lowest BCUT2D eigenvalue weighted by atomic mass is 10.2. The third-order valence-corrected chi connectivity index (χ3v) is 5.50. The molecule has 8 nitrogen and oxygen atoms in total. The summed E-state index contributed by atoms with van der Waals surface area (Å²) in [4.78, 5) is 21.1. The number of para-hydroxylation sites is 1. The highest BCUT2D eigenvalue weighted by molar-refractivity contribution is 8.00. The molecular weight excluding hydrogens is 402 g/mol. The summed E-state index contributed by atoms with van der Waals surface area (Å²) in [5, 5.41) is 8.83. The van der Waals surface area contributed by atoms with Crippen molar-refractivity contribution in [2.24, 2.45) is 0 Å². The van der Waals surface area contributed by atoms with E-state index in [9.17, 15) is 4.79 Å². The van der Waals surface area contributed by atoms with E-state index in [4.69, 9.17) is 9.47 Å². The summed E-state index contributed by atoms with van der Waals surface area (Å²) < 4.78 is 12.8. The van der Waals surface area contributed by atoms with Gasteiger partial charge in [-0.2, -0.15) is 5.10 Å². The van der Waals surface area contributed by atoms with E-state index in [1.165, 1.54) is 18.1 Å². The Kier molecular flexibility index (Phi) is 4.94. The lowest BCUT2D eigenvalue weighted by molar-refractivity contribution is -0.113. The van der Waals surface area contributed by atoms with E-state index in [1.54, 1.807) is 29.1 Å². The van der Waals surface area contributed by atoms with Gasteiger partial charge in [-0.05, 0) is 24.3 Å². The number of fused-ring (bicyclic) bond motifs is 2. The number of thioether (sulfide) groups is 1. The minimum Gasteiger partial charge on any atom is -0.486 e. The normalized spacial score (nSPS) is 12.7. The summed E-state index contributed by atoms with van der Waals surface area (Å²) in [6, 6.07) is 15.1. The molecule has 3 heterocycles. The summed E-state index contributed by atoms with van der Waals surface area (Å²) in [7, 11) is 0. The second kappa shape index (κ2) is 8.03. The Balaban J connectivity index is 1.29. The fraction of sp³-hybridized carbons (Fsp3) is 0.143. The Morgan fingerprint density at radius 2 is 1.90 bits per heavy atom. The third-order valence-electron chi connectivity index (χ3n) is 4.50. The van der Waals surface area contributed by atoms with Crippen molar-refractivity contribution < 1.29 is 14.3 Å². The SMILES string of the molecule is O=C(CSc1ncnc2c1cnn2-c1ccccc1)Nc1ccc2c(c1)OCCO2. The predicted molar refractivity (Wildman–Crippen MR) is 113 cm³/mol. The lowest BCUT2D eigenvalue weighted by Crippen LogP contribution is -2.17. The molecule has 150 valence electrons. The molecule has 0 unspecified atom stereocenters. The molecule has 1 aliphatic rings. The molecule has 1 amide bonds. The van der Waals surface area contributed by atoms with Crippen molar-refractivity contribution in [3.63, 3.8) is 0 Å². The lowest BCUT2D eigenvalue weighted by Gasteiger charge is -2.19. The van der Waals surface area contributed by atoms with Crippen LogP contribution in [0.2, 0.25) is 0 Å². The summed E-state index contributed by atoms with van der Waals surface area (Å²) in [6.45, 7) is 1.03. The molecule has 2 aromatic heterocycles. The minimum atomic E-state index is -0.140. The van der Waals surface area contributed by atoms with E-state index >= 15 is 0 Å². The summed E-state index contributed by atoms with van der Waals surface area (Å²) in [5.41, 5.74) is 2.28. The first-order valence-corrected chi connectivity index (χ1v) is 10.3. The number of amides is 1. The Morgan fingerprint density at radius 1 is 1.07 bits per heavy atom. The first-order valence-electron chi connectivity index (χ1n) is 9.34. The highest BCUT2D eigenvalue weighted by atomic mass is 32.2. The van der Waals surface area contributed by atoms with Crippen LogP contribution < -0.4 is 14.8 Å². The van der Waals surface area contributed by atoms with Crippen LogP contribution >= 0.6 is 11.8 Å². The van der Waals surface area contributed by atoms with Gasteiger partial charge in [-0.3, -0.25) is 4.79 Å². The average Bonchev–Trinajstić information content (AvgIpc) is 3.23. The topological polar surface area (TPSA) is 91.2 Å². The number of carbonyl (C=O) groups is 1. The van der Waals surface area contributed by atoms with E-state index < -0.39 is 0 Å². The van der Waals surface area contributed by atoms with E-state index in [0.717, 1.165) is 11.1 Å². The van der Waals surface area contributed by atoms with E-state index in [0.29, 0.717) is 41.1 Å². The van der Waals surface area contributed by atoms with Crippen molar-refractivity contribution in [2.75, 3.05) is 24.3 Å². The zero-order valence-corrected chi connectivity index (χ0v) is 16.6. The number of benzene rings is 2. The van der Waals surface area contributed by atoms with Crippen LogP contribution in [0.15, 0.2) is 66.1 Å². The van der Waals surface area contributed by atoms with Gasteiger partial charge in [-0.25, -0.2) is 14.6 Å². The van der Waals surface area contributed by atoms with Crippen LogP contribution in [-0.4, -0.2) is 44.6 Å². The molecule has 1 aliphatic heterocycles. The molecule has 0 atom stereocenters. The Hall–Kier alpha value is -3.59. The number of hydrogen-bond donors (Lipinski definition) is 1. The zero-order valence-electron chi connectivity index (χ0n) is 15.8. The second-order valence-corrected chi connectivity index (χ2v) is 7.47. The average molecular weight is 419 g/mol. The summed E-state index contributed by atoms with van der Waals surface area (Å²) >= 11 is 1.34. The third kappa shape index (κ3) is 3.67. The van der Waals surface area contributed by atoms with Crippen molar-refractivity contribution in [1.29, 1.82) is 0 Å². The molecule has 0 saturated carbocycles. The predicted octanol–water partition coefficient (Wildman–Crippen LogP) is 3.32. The standard InChI is InChI=1S/C21H17N5O3S/c27-19(25-14-6-7-17-18(10-14)29-9-8-28-17)12-30-21-16-11-24-26(20(16)22-13-23-21)15-4-2-1-3-5-15/h1-7,10-11,13H,8-9,12H2,(H,25,27). The molecule has 0 aliphatic carbocycles. The number of ether oxygens (including phenoxy) is 2. The van der Waals surface area contributed by atoms with Crippen LogP contribution in [0.25, 0.3) is 16.7 Å². The van der Waals surface area contributed by atoms with Crippen molar-refractivity contribution >= 4 is 34.4 Å². The summed E-state index contributed by atoms with van der Waals surface area (Å²) in [6.07, 6.45) is 3.22. The number of nitrogens with zero attached hydrogens (tertiary/aromatic N) is 4. The maximum absolute atomic E-state index is 12.4. The van der Waals surface area contributed by atoms with Crippen molar-refractivity contribution in [2.45, 2.75) is 5.03 Å². The van der Waals surface area contributed by atoms with Gasteiger partial charge in [0.15, 0.2) is 17.1 Å². The van der Waals surface area contributed by atoms with E-state index in [1.807, 2.05) is 30.3 Å². The quantitative estimate of drug-likeness (QED) is 0.392. The van der Waals surface area contributed by atoms with Gasteiger partial charge in [0, 0.05) is 11.8 Å². The molecule has 0 bridgehead atoms. The maximum Gasteiger partial charge on any atom is 0.234 e. The van der Waals surface area contributed by atoms with E-state index in [2.05, 4.69) is 20.4 Å². The number of nitrogens with one attached hydrogen (secondary N) is 1. The molecule has 0 fully saturated rings. The molecule has 5 rings (SSSR count).